The first-order valence-corrected chi connectivity index (χ1v) is 8.80. The van der Waals surface area contributed by atoms with Gasteiger partial charge in [0.2, 0.25) is 0 Å². The number of nitrogens with zero attached hydrogens (tertiary/aromatic N) is 1. The summed E-state index contributed by atoms with van der Waals surface area (Å²) in [7, 11) is 0. The van der Waals surface area contributed by atoms with Gasteiger partial charge in [-0.1, -0.05) is 37.6 Å². The molecule has 3 aromatic rings. The maximum absolute atomic E-state index is 5.84. The van der Waals surface area contributed by atoms with Gasteiger partial charge in [-0.2, -0.15) is 0 Å². The molecule has 0 saturated carbocycles. The molecule has 0 fully saturated rings. The Balaban J connectivity index is 1.69. The molecule has 0 unspecified atom stereocenters. The van der Waals surface area contributed by atoms with E-state index in [1.807, 2.05) is 29.6 Å². The van der Waals surface area contributed by atoms with Crippen LogP contribution < -0.4 is 11.1 Å². The second-order valence-electron chi connectivity index (χ2n) is 5.59. The SMILES string of the molecule is CCCCc1ccc(Nc2nc(-c3cccc(N)c3)cs2)cc1. The molecule has 0 aliphatic heterocycles. The summed E-state index contributed by atoms with van der Waals surface area (Å²) in [6.07, 6.45) is 3.61. The lowest BCUT2D eigenvalue weighted by Gasteiger charge is -2.04. The van der Waals surface area contributed by atoms with Crippen molar-refractivity contribution in [2.24, 2.45) is 0 Å². The predicted octanol–water partition coefficient (Wildman–Crippen LogP) is 5.48. The Bertz CT molecular complexity index is 762. The first-order valence-electron chi connectivity index (χ1n) is 7.92. The summed E-state index contributed by atoms with van der Waals surface area (Å²) in [4.78, 5) is 4.64. The second kappa shape index (κ2) is 7.29. The molecular formula is C19H21N3S. The molecule has 0 aliphatic carbocycles. The normalized spacial score (nSPS) is 10.7. The van der Waals surface area contributed by atoms with Crippen molar-refractivity contribution in [3.05, 3.63) is 59.5 Å². The van der Waals surface area contributed by atoms with Crippen molar-refractivity contribution < 1.29 is 0 Å². The van der Waals surface area contributed by atoms with Gasteiger partial charge >= 0.3 is 0 Å². The molecular weight excluding hydrogens is 302 g/mol. The fraction of sp³-hybridized carbons (Fsp3) is 0.211. The highest BCUT2D eigenvalue weighted by Crippen LogP contribution is 2.28. The summed E-state index contributed by atoms with van der Waals surface area (Å²) in [5.41, 5.74) is 11.0. The molecule has 118 valence electrons. The largest absolute Gasteiger partial charge is 0.399 e. The topological polar surface area (TPSA) is 50.9 Å². The van der Waals surface area contributed by atoms with E-state index in [0.29, 0.717) is 0 Å². The van der Waals surface area contributed by atoms with E-state index in [1.165, 1.54) is 18.4 Å². The van der Waals surface area contributed by atoms with Gasteiger partial charge in [-0.05, 0) is 42.7 Å². The Morgan fingerprint density at radius 1 is 1.13 bits per heavy atom. The van der Waals surface area contributed by atoms with Crippen molar-refractivity contribution in [1.29, 1.82) is 0 Å². The van der Waals surface area contributed by atoms with Crippen LogP contribution in [0.4, 0.5) is 16.5 Å². The number of unbranched alkanes of at least 4 members (excludes halogenated alkanes) is 1. The molecule has 3 nitrogen and oxygen atoms in total. The van der Waals surface area contributed by atoms with Crippen LogP contribution in [0.15, 0.2) is 53.9 Å². The molecule has 1 aromatic heterocycles. The Kier molecular flexibility index (Phi) is 4.93. The van der Waals surface area contributed by atoms with E-state index >= 15 is 0 Å². The van der Waals surface area contributed by atoms with Crippen LogP contribution in [0.1, 0.15) is 25.3 Å². The molecule has 0 aliphatic rings. The molecule has 1 heterocycles. The first-order chi connectivity index (χ1) is 11.2. The van der Waals surface area contributed by atoms with Crippen molar-refractivity contribution in [3.63, 3.8) is 0 Å². The van der Waals surface area contributed by atoms with Gasteiger partial charge in [-0.15, -0.1) is 11.3 Å². The van der Waals surface area contributed by atoms with Crippen LogP contribution in [-0.4, -0.2) is 4.98 Å². The van der Waals surface area contributed by atoms with Crippen molar-refractivity contribution >= 4 is 27.8 Å². The standard InChI is InChI=1S/C19H21N3S/c1-2-3-5-14-8-10-17(11-9-14)21-19-22-18(13-23-19)15-6-4-7-16(20)12-15/h4,6-13H,2-3,5,20H2,1H3,(H,21,22). The van der Waals surface area contributed by atoms with E-state index in [0.717, 1.165) is 34.2 Å². The van der Waals surface area contributed by atoms with E-state index in [1.54, 1.807) is 11.3 Å². The third-order valence-corrected chi connectivity index (χ3v) is 4.47. The zero-order valence-corrected chi connectivity index (χ0v) is 14.1. The first kappa shape index (κ1) is 15.6. The van der Waals surface area contributed by atoms with Gasteiger partial charge in [0.15, 0.2) is 5.13 Å². The van der Waals surface area contributed by atoms with Crippen LogP contribution >= 0.6 is 11.3 Å². The fourth-order valence-corrected chi connectivity index (χ4v) is 3.16. The third kappa shape index (κ3) is 4.11. The van der Waals surface area contributed by atoms with Crippen LogP contribution in [0.5, 0.6) is 0 Å². The van der Waals surface area contributed by atoms with E-state index in [9.17, 15) is 0 Å². The molecule has 3 N–H and O–H groups in total. The number of aromatic nitrogens is 1. The number of hydrogen-bond acceptors (Lipinski definition) is 4. The molecule has 0 saturated heterocycles. The minimum Gasteiger partial charge on any atom is -0.399 e. The van der Waals surface area contributed by atoms with Gasteiger partial charge in [0.25, 0.3) is 0 Å². The lowest BCUT2D eigenvalue weighted by Crippen LogP contribution is -1.91. The van der Waals surface area contributed by atoms with E-state index in [4.69, 9.17) is 5.73 Å². The number of rotatable bonds is 6. The quantitative estimate of drug-likeness (QED) is 0.591. The zero-order chi connectivity index (χ0) is 16.1. The summed E-state index contributed by atoms with van der Waals surface area (Å²) in [6.45, 7) is 2.22. The molecule has 0 atom stereocenters. The summed E-state index contributed by atoms with van der Waals surface area (Å²) >= 11 is 1.60. The summed E-state index contributed by atoms with van der Waals surface area (Å²) < 4.78 is 0. The van der Waals surface area contributed by atoms with Crippen LogP contribution in [0.2, 0.25) is 0 Å². The van der Waals surface area contributed by atoms with Crippen LogP contribution in [0.3, 0.4) is 0 Å². The fourth-order valence-electron chi connectivity index (χ4n) is 2.42. The minimum atomic E-state index is 0.757. The Morgan fingerprint density at radius 3 is 2.70 bits per heavy atom. The highest BCUT2D eigenvalue weighted by atomic mass is 32.1. The summed E-state index contributed by atoms with van der Waals surface area (Å²) in [6, 6.07) is 16.4. The van der Waals surface area contributed by atoms with Crippen molar-refractivity contribution in [2.45, 2.75) is 26.2 Å². The number of nitrogens with two attached hydrogens (primary N) is 1. The van der Waals surface area contributed by atoms with Crippen LogP contribution in [0, 0.1) is 0 Å². The van der Waals surface area contributed by atoms with Crippen LogP contribution in [0.25, 0.3) is 11.3 Å². The molecule has 0 radical (unpaired) electrons. The lowest BCUT2D eigenvalue weighted by molar-refractivity contribution is 0.795. The number of benzene rings is 2. The van der Waals surface area contributed by atoms with Gasteiger partial charge in [0.1, 0.15) is 0 Å². The molecule has 2 aromatic carbocycles. The second-order valence-corrected chi connectivity index (χ2v) is 6.45. The van der Waals surface area contributed by atoms with Crippen LogP contribution in [-0.2, 0) is 6.42 Å². The summed E-state index contributed by atoms with van der Waals surface area (Å²) in [5.74, 6) is 0. The number of thiazole rings is 1. The molecule has 23 heavy (non-hydrogen) atoms. The number of nitrogens with one attached hydrogen (secondary N) is 1. The highest BCUT2D eigenvalue weighted by Gasteiger charge is 2.05. The van der Waals surface area contributed by atoms with Crippen molar-refractivity contribution in [3.8, 4) is 11.3 Å². The van der Waals surface area contributed by atoms with Crippen molar-refractivity contribution in [2.75, 3.05) is 11.1 Å². The third-order valence-electron chi connectivity index (χ3n) is 3.71. The predicted molar refractivity (Wildman–Crippen MR) is 100 cm³/mol. The van der Waals surface area contributed by atoms with Gasteiger partial charge in [-0.3, -0.25) is 0 Å². The zero-order valence-electron chi connectivity index (χ0n) is 13.3. The summed E-state index contributed by atoms with van der Waals surface area (Å²) in [5, 5.41) is 6.31. The van der Waals surface area contributed by atoms with Gasteiger partial charge in [0, 0.05) is 22.3 Å². The molecule has 0 amide bonds. The maximum Gasteiger partial charge on any atom is 0.187 e. The number of nitrogen functional groups attached to an aromatic ring is 1. The number of hydrogen-bond donors (Lipinski definition) is 2. The molecule has 0 spiro atoms. The Hall–Kier alpha value is -2.33. The number of anilines is 3. The molecule has 3 rings (SSSR count). The Morgan fingerprint density at radius 2 is 1.96 bits per heavy atom. The van der Waals surface area contributed by atoms with E-state index in [-0.39, 0.29) is 0 Å². The van der Waals surface area contributed by atoms with Gasteiger partial charge < -0.3 is 11.1 Å². The van der Waals surface area contributed by atoms with Crippen molar-refractivity contribution in [1.82, 2.24) is 4.98 Å². The minimum absolute atomic E-state index is 0.757. The Labute approximate surface area is 141 Å². The number of aryl methyl sites for hydroxylation is 1. The maximum atomic E-state index is 5.84. The van der Waals surface area contributed by atoms with E-state index < -0.39 is 0 Å². The van der Waals surface area contributed by atoms with E-state index in [2.05, 4.69) is 41.5 Å². The highest BCUT2D eigenvalue weighted by molar-refractivity contribution is 7.14. The molecule has 4 heteroatoms. The lowest BCUT2D eigenvalue weighted by atomic mass is 10.1. The average Bonchev–Trinajstić information content (AvgIpc) is 3.03. The van der Waals surface area contributed by atoms with Gasteiger partial charge in [-0.25, -0.2) is 4.98 Å². The monoisotopic (exact) mass is 323 g/mol. The average molecular weight is 323 g/mol. The molecule has 0 bridgehead atoms. The van der Waals surface area contributed by atoms with Gasteiger partial charge in [0.05, 0.1) is 5.69 Å². The smallest absolute Gasteiger partial charge is 0.187 e.